The third kappa shape index (κ3) is 6.55. The highest BCUT2D eigenvalue weighted by Crippen LogP contribution is 2.29. The molecule has 0 spiro atoms. The fraction of sp³-hybridized carbons (Fsp3) is 0.200. The van der Waals surface area contributed by atoms with Crippen molar-refractivity contribution in [3.05, 3.63) is 111 Å². The van der Waals surface area contributed by atoms with E-state index in [4.69, 9.17) is 34.8 Å². The van der Waals surface area contributed by atoms with Crippen LogP contribution in [0.5, 0.6) is 0 Å². The fourth-order valence-corrected chi connectivity index (χ4v) is 5.31. The summed E-state index contributed by atoms with van der Waals surface area (Å²) in [5.41, 5.74) is 2.72. The normalized spacial score (nSPS) is 13.3. The molecule has 0 bridgehead atoms. The number of piperazine rings is 1. The highest BCUT2D eigenvalue weighted by atomic mass is 35.5. The van der Waals surface area contributed by atoms with Crippen molar-refractivity contribution in [1.82, 2.24) is 20.0 Å². The molecule has 1 fully saturated rings. The maximum Gasteiger partial charge on any atom is 0.256 e. The van der Waals surface area contributed by atoms with Crippen molar-refractivity contribution in [2.24, 2.45) is 0 Å². The van der Waals surface area contributed by atoms with Crippen LogP contribution in [0.1, 0.15) is 15.9 Å². The molecule has 1 aliphatic rings. The number of carbonyl (C=O) groups is 2. The van der Waals surface area contributed by atoms with E-state index in [9.17, 15) is 9.59 Å². The molecule has 0 unspecified atom stereocenters. The van der Waals surface area contributed by atoms with Crippen LogP contribution in [0.2, 0.25) is 15.1 Å². The Hall–Kier alpha value is -3.65. The summed E-state index contributed by atoms with van der Waals surface area (Å²) in [6.07, 6.45) is 0. The van der Waals surface area contributed by atoms with Crippen LogP contribution in [-0.2, 0) is 11.3 Å². The van der Waals surface area contributed by atoms with Crippen molar-refractivity contribution < 1.29 is 9.59 Å². The quantitative estimate of drug-likeness (QED) is 0.259. The molecule has 3 aromatic carbocycles. The summed E-state index contributed by atoms with van der Waals surface area (Å²) in [5, 5.41) is 10.2. The van der Waals surface area contributed by atoms with Crippen molar-refractivity contribution in [1.29, 1.82) is 0 Å². The van der Waals surface area contributed by atoms with Crippen molar-refractivity contribution in [2.45, 2.75) is 6.54 Å². The minimum absolute atomic E-state index is 0.0463. The van der Waals surface area contributed by atoms with E-state index >= 15 is 0 Å². The zero-order chi connectivity index (χ0) is 28.1. The van der Waals surface area contributed by atoms with Gasteiger partial charge < -0.3 is 14.7 Å². The van der Waals surface area contributed by atoms with Gasteiger partial charge in [0.15, 0.2) is 5.82 Å². The molecule has 40 heavy (non-hydrogen) atoms. The van der Waals surface area contributed by atoms with Crippen LogP contribution >= 0.6 is 34.8 Å². The van der Waals surface area contributed by atoms with Crippen LogP contribution in [0.3, 0.4) is 0 Å². The van der Waals surface area contributed by atoms with E-state index in [0.29, 0.717) is 59.0 Å². The van der Waals surface area contributed by atoms with Crippen LogP contribution in [0, 0.1) is 0 Å². The Morgan fingerprint density at radius 2 is 1.50 bits per heavy atom. The molecule has 1 saturated heterocycles. The molecule has 2 heterocycles. The van der Waals surface area contributed by atoms with Gasteiger partial charge in [0.2, 0.25) is 5.91 Å². The molecule has 4 aromatic rings. The number of anilines is 1. The first kappa shape index (κ1) is 27.9. The molecular weight excluding hydrogens is 569 g/mol. The van der Waals surface area contributed by atoms with Crippen LogP contribution < -0.4 is 4.90 Å². The molecule has 0 saturated carbocycles. The highest BCUT2D eigenvalue weighted by Gasteiger charge is 2.27. The molecule has 10 heteroatoms. The fourth-order valence-electron chi connectivity index (χ4n) is 4.59. The van der Waals surface area contributed by atoms with Crippen LogP contribution in [-0.4, -0.2) is 64.5 Å². The van der Waals surface area contributed by atoms with Crippen molar-refractivity contribution in [3.63, 3.8) is 0 Å². The lowest BCUT2D eigenvalue weighted by molar-refractivity contribution is -0.132. The monoisotopic (exact) mass is 593 g/mol. The molecule has 5 rings (SSSR count). The molecule has 204 valence electrons. The largest absolute Gasteiger partial charge is 0.352 e. The second kappa shape index (κ2) is 12.7. The second-order valence-corrected chi connectivity index (χ2v) is 10.6. The van der Waals surface area contributed by atoms with Crippen LogP contribution in [0.25, 0.3) is 11.3 Å². The number of halogens is 3. The van der Waals surface area contributed by atoms with Gasteiger partial charge in [0.05, 0.1) is 21.3 Å². The van der Waals surface area contributed by atoms with E-state index in [0.717, 1.165) is 16.9 Å². The van der Waals surface area contributed by atoms with E-state index in [-0.39, 0.29) is 18.4 Å². The van der Waals surface area contributed by atoms with Gasteiger partial charge in [0.1, 0.15) is 6.54 Å². The minimum atomic E-state index is -0.280. The van der Waals surface area contributed by atoms with E-state index in [1.807, 2.05) is 48.5 Å². The molecule has 0 N–H and O–H groups in total. The third-order valence-corrected chi connectivity index (χ3v) is 7.63. The zero-order valence-corrected chi connectivity index (χ0v) is 23.8. The number of benzene rings is 3. The Morgan fingerprint density at radius 3 is 2.17 bits per heavy atom. The summed E-state index contributed by atoms with van der Waals surface area (Å²) in [5.74, 6) is 0.327. The highest BCUT2D eigenvalue weighted by molar-refractivity contribution is 6.36. The average Bonchev–Trinajstić information content (AvgIpc) is 2.97. The first-order valence-corrected chi connectivity index (χ1v) is 13.9. The second-order valence-electron chi connectivity index (χ2n) is 9.40. The molecule has 1 aliphatic heterocycles. The number of carbonyl (C=O) groups excluding carboxylic acids is 2. The summed E-state index contributed by atoms with van der Waals surface area (Å²) < 4.78 is 0. The minimum Gasteiger partial charge on any atom is -0.352 e. The number of hydrogen-bond acceptors (Lipinski definition) is 5. The number of hydrogen-bond donors (Lipinski definition) is 0. The van der Waals surface area contributed by atoms with Crippen molar-refractivity contribution >= 4 is 52.4 Å². The third-order valence-electron chi connectivity index (χ3n) is 6.75. The standard InChI is InChI=1S/C30H26Cl3N5O2/c31-22-10-11-23(26(33)18-22)27-12-13-28(35-34-27)36-14-16-37(17-15-36)29(39)20-38(19-21-6-2-1-3-7-21)30(40)24-8-4-5-9-25(24)32/h1-13,18H,14-17,19-20H2. The molecule has 1 aromatic heterocycles. The molecule has 0 aliphatic carbocycles. The summed E-state index contributed by atoms with van der Waals surface area (Å²) in [6, 6.07) is 25.5. The predicted molar refractivity (Wildman–Crippen MR) is 159 cm³/mol. The summed E-state index contributed by atoms with van der Waals surface area (Å²) >= 11 is 18.6. The summed E-state index contributed by atoms with van der Waals surface area (Å²) in [4.78, 5) is 32.2. The van der Waals surface area contributed by atoms with Gasteiger partial charge in [-0.25, -0.2) is 0 Å². The van der Waals surface area contributed by atoms with Gasteiger partial charge in [0, 0.05) is 43.3 Å². The zero-order valence-electron chi connectivity index (χ0n) is 21.5. The van der Waals surface area contributed by atoms with Gasteiger partial charge in [0.25, 0.3) is 5.91 Å². The van der Waals surface area contributed by atoms with Gasteiger partial charge >= 0.3 is 0 Å². The molecule has 0 radical (unpaired) electrons. The van der Waals surface area contributed by atoms with Gasteiger partial charge in [-0.15, -0.1) is 10.2 Å². The van der Waals surface area contributed by atoms with Crippen molar-refractivity contribution in [3.8, 4) is 11.3 Å². The molecule has 7 nitrogen and oxygen atoms in total. The van der Waals surface area contributed by atoms with Gasteiger partial charge in [-0.3, -0.25) is 9.59 Å². The Kier molecular flexibility index (Phi) is 8.85. The number of aromatic nitrogens is 2. The first-order valence-electron chi connectivity index (χ1n) is 12.8. The SMILES string of the molecule is O=C(CN(Cc1ccccc1)C(=O)c1ccccc1Cl)N1CCN(c2ccc(-c3ccc(Cl)cc3Cl)nn2)CC1. The van der Waals surface area contributed by atoms with Crippen LogP contribution in [0.15, 0.2) is 84.9 Å². The maximum absolute atomic E-state index is 13.4. The number of rotatable bonds is 7. The van der Waals surface area contributed by atoms with E-state index in [1.54, 1.807) is 46.2 Å². The number of amides is 2. The lowest BCUT2D eigenvalue weighted by atomic mass is 10.1. The Morgan fingerprint density at radius 1 is 0.775 bits per heavy atom. The molecular formula is C30H26Cl3N5O2. The van der Waals surface area contributed by atoms with Crippen LogP contribution in [0.4, 0.5) is 5.82 Å². The Bertz CT molecular complexity index is 1490. The first-order chi connectivity index (χ1) is 19.4. The van der Waals surface area contributed by atoms with Gasteiger partial charge in [-0.2, -0.15) is 0 Å². The summed E-state index contributed by atoms with van der Waals surface area (Å²) in [6.45, 7) is 2.46. The molecule has 2 amide bonds. The van der Waals surface area contributed by atoms with Gasteiger partial charge in [-0.1, -0.05) is 77.3 Å². The van der Waals surface area contributed by atoms with E-state index < -0.39 is 0 Å². The Labute approximate surface area is 247 Å². The lowest BCUT2D eigenvalue weighted by Gasteiger charge is -2.36. The maximum atomic E-state index is 13.4. The van der Waals surface area contributed by atoms with Crippen molar-refractivity contribution in [2.75, 3.05) is 37.6 Å². The Balaban J connectivity index is 1.23. The summed E-state index contributed by atoms with van der Waals surface area (Å²) in [7, 11) is 0. The average molecular weight is 595 g/mol. The topological polar surface area (TPSA) is 69.6 Å². The molecule has 0 atom stereocenters. The predicted octanol–water partition coefficient (Wildman–Crippen LogP) is 6.10. The smallest absolute Gasteiger partial charge is 0.256 e. The van der Waals surface area contributed by atoms with E-state index in [1.165, 1.54) is 0 Å². The van der Waals surface area contributed by atoms with Gasteiger partial charge in [-0.05, 0) is 48.0 Å². The lowest BCUT2D eigenvalue weighted by Crippen LogP contribution is -2.52. The number of nitrogens with zero attached hydrogens (tertiary/aromatic N) is 5. The van der Waals surface area contributed by atoms with E-state index in [2.05, 4.69) is 15.1 Å².